The summed E-state index contributed by atoms with van der Waals surface area (Å²) in [5, 5.41) is 0.622. The first-order chi connectivity index (χ1) is 7.76. The van der Waals surface area contributed by atoms with E-state index in [1.807, 2.05) is 0 Å². The van der Waals surface area contributed by atoms with Crippen LogP contribution in [0.1, 0.15) is 44.4 Å². The van der Waals surface area contributed by atoms with Gasteiger partial charge in [0.15, 0.2) is 5.13 Å². The van der Waals surface area contributed by atoms with Crippen molar-refractivity contribution >= 4 is 16.5 Å². The van der Waals surface area contributed by atoms with Crippen LogP contribution < -0.4 is 5.73 Å². The van der Waals surface area contributed by atoms with Gasteiger partial charge in [0.1, 0.15) is 0 Å². The fourth-order valence-electron chi connectivity index (χ4n) is 1.61. The summed E-state index contributed by atoms with van der Waals surface area (Å²) < 4.78 is 5.70. The van der Waals surface area contributed by atoms with Gasteiger partial charge in [0.05, 0.1) is 11.5 Å². The van der Waals surface area contributed by atoms with Gasteiger partial charge in [0.2, 0.25) is 0 Å². The van der Waals surface area contributed by atoms with Crippen LogP contribution in [0.3, 0.4) is 0 Å². The van der Waals surface area contributed by atoms with Gasteiger partial charge in [0.25, 0.3) is 0 Å². The van der Waals surface area contributed by atoms with Crippen LogP contribution in [0.25, 0.3) is 0 Å². The third-order valence-electron chi connectivity index (χ3n) is 2.71. The van der Waals surface area contributed by atoms with Crippen molar-refractivity contribution < 1.29 is 4.74 Å². The molecule has 1 aromatic heterocycles. The molecule has 0 amide bonds. The van der Waals surface area contributed by atoms with Crippen LogP contribution >= 0.6 is 11.3 Å². The fourth-order valence-corrected chi connectivity index (χ4v) is 2.24. The predicted octanol–water partition coefficient (Wildman–Crippen LogP) is 3.46. The Labute approximate surface area is 102 Å². The minimum absolute atomic E-state index is 0.622. The number of nitrogens with two attached hydrogens (primary N) is 1. The molecule has 16 heavy (non-hydrogen) atoms. The van der Waals surface area contributed by atoms with Crippen LogP contribution in [0.5, 0.6) is 0 Å². The number of hydrogen-bond donors (Lipinski definition) is 1. The van der Waals surface area contributed by atoms with Crippen LogP contribution in [0.4, 0.5) is 5.13 Å². The molecular weight excluding hydrogens is 220 g/mol. The van der Waals surface area contributed by atoms with Gasteiger partial charge < -0.3 is 10.5 Å². The van der Waals surface area contributed by atoms with E-state index < -0.39 is 0 Å². The van der Waals surface area contributed by atoms with Gasteiger partial charge >= 0.3 is 0 Å². The average Bonchev–Trinajstić information content (AvgIpc) is 2.69. The number of thiazole rings is 1. The Balaban J connectivity index is 2.17. The molecule has 0 aliphatic carbocycles. The van der Waals surface area contributed by atoms with Crippen molar-refractivity contribution in [2.24, 2.45) is 5.92 Å². The molecule has 0 saturated heterocycles. The second-order valence-corrected chi connectivity index (χ2v) is 5.24. The molecule has 1 heterocycles. The number of anilines is 1. The highest BCUT2D eigenvalue weighted by molar-refractivity contribution is 7.15. The molecule has 3 nitrogen and oxygen atoms in total. The smallest absolute Gasteiger partial charge is 0.180 e. The highest BCUT2D eigenvalue weighted by Gasteiger charge is 2.06. The van der Waals surface area contributed by atoms with Gasteiger partial charge in [-0.1, -0.05) is 44.4 Å². The van der Waals surface area contributed by atoms with E-state index in [0.29, 0.717) is 17.7 Å². The minimum atomic E-state index is 0.622. The summed E-state index contributed by atoms with van der Waals surface area (Å²) in [5.74, 6) is 0.699. The zero-order valence-electron chi connectivity index (χ0n) is 10.2. The number of nitrogens with zero attached hydrogens (tertiary/aromatic N) is 1. The first-order valence-electron chi connectivity index (χ1n) is 6.04. The Kier molecular flexibility index (Phi) is 6.42. The summed E-state index contributed by atoms with van der Waals surface area (Å²) in [6.45, 7) is 5.97. The van der Waals surface area contributed by atoms with Crippen LogP contribution in [0.2, 0.25) is 0 Å². The second kappa shape index (κ2) is 7.63. The Morgan fingerprint density at radius 1 is 1.50 bits per heavy atom. The Hall–Kier alpha value is -0.610. The van der Waals surface area contributed by atoms with Crippen molar-refractivity contribution in [3.8, 4) is 0 Å². The molecule has 1 unspecified atom stereocenters. The van der Waals surface area contributed by atoms with E-state index in [4.69, 9.17) is 10.5 Å². The molecule has 1 rings (SSSR count). The number of rotatable bonds is 8. The monoisotopic (exact) mass is 242 g/mol. The molecule has 0 saturated carbocycles. The van der Waals surface area contributed by atoms with E-state index in [2.05, 4.69) is 18.8 Å². The lowest BCUT2D eigenvalue weighted by Gasteiger charge is -2.13. The van der Waals surface area contributed by atoms with Gasteiger partial charge in [-0.05, 0) is 12.3 Å². The summed E-state index contributed by atoms with van der Waals surface area (Å²) in [5.41, 5.74) is 5.55. The van der Waals surface area contributed by atoms with E-state index in [1.54, 1.807) is 6.20 Å². The number of unbranched alkanes of at least 4 members (excludes halogenated alkanes) is 1. The molecule has 4 heteroatoms. The van der Waals surface area contributed by atoms with E-state index in [1.165, 1.54) is 37.0 Å². The second-order valence-electron chi connectivity index (χ2n) is 4.10. The third-order valence-corrected chi connectivity index (χ3v) is 3.51. The lowest BCUT2D eigenvalue weighted by atomic mass is 10.0. The topological polar surface area (TPSA) is 48.1 Å². The van der Waals surface area contributed by atoms with Crippen molar-refractivity contribution in [2.75, 3.05) is 12.3 Å². The molecule has 92 valence electrons. The Bertz CT molecular complexity index is 288. The largest absolute Gasteiger partial charge is 0.376 e. The molecule has 0 aliphatic rings. The molecule has 1 aromatic rings. The molecule has 0 aliphatic heterocycles. The summed E-state index contributed by atoms with van der Waals surface area (Å²) in [6, 6.07) is 0. The maximum atomic E-state index is 5.70. The number of aromatic nitrogens is 1. The molecule has 0 spiro atoms. The van der Waals surface area contributed by atoms with Gasteiger partial charge in [-0.25, -0.2) is 4.98 Å². The standard InChI is InChI=1S/C12H22N2OS/c1-3-5-6-10(4-2)8-15-9-11-7-14-12(13)16-11/h7,10H,3-6,8-9H2,1-2H3,(H2,13,14). The first kappa shape index (κ1) is 13.5. The Morgan fingerprint density at radius 2 is 2.31 bits per heavy atom. The summed E-state index contributed by atoms with van der Waals surface area (Å²) in [4.78, 5) is 5.11. The normalized spacial score (nSPS) is 12.9. The maximum Gasteiger partial charge on any atom is 0.180 e. The highest BCUT2D eigenvalue weighted by Crippen LogP contribution is 2.17. The predicted molar refractivity (Wildman–Crippen MR) is 69.5 cm³/mol. The summed E-state index contributed by atoms with van der Waals surface area (Å²) in [6.07, 6.45) is 6.84. The van der Waals surface area contributed by atoms with Gasteiger partial charge in [-0.2, -0.15) is 0 Å². The third kappa shape index (κ3) is 4.94. The Morgan fingerprint density at radius 3 is 2.88 bits per heavy atom. The number of ether oxygens (including phenoxy) is 1. The maximum absolute atomic E-state index is 5.70. The molecule has 2 N–H and O–H groups in total. The van der Waals surface area contributed by atoms with E-state index in [-0.39, 0.29) is 0 Å². The quantitative estimate of drug-likeness (QED) is 0.759. The SMILES string of the molecule is CCCCC(CC)COCc1cnc(N)s1. The van der Waals surface area contributed by atoms with Gasteiger partial charge in [0, 0.05) is 12.8 Å². The van der Waals surface area contributed by atoms with E-state index >= 15 is 0 Å². The van der Waals surface area contributed by atoms with Crippen molar-refractivity contribution in [2.45, 2.75) is 46.1 Å². The average molecular weight is 242 g/mol. The zero-order valence-corrected chi connectivity index (χ0v) is 11.1. The molecular formula is C12H22N2OS. The summed E-state index contributed by atoms with van der Waals surface area (Å²) >= 11 is 1.51. The van der Waals surface area contributed by atoms with Crippen LogP contribution in [0, 0.1) is 5.92 Å². The molecule has 1 atom stereocenters. The minimum Gasteiger partial charge on any atom is -0.376 e. The fraction of sp³-hybridized carbons (Fsp3) is 0.750. The lowest BCUT2D eigenvalue weighted by Crippen LogP contribution is -2.08. The van der Waals surface area contributed by atoms with E-state index in [0.717, 1.165) is 11.5 Å². The molecule has 0 bridgehead atoms. The molecule has 0 fully saturated rings. The van der Waals surface area contributed by atoms with Crippen molar-refractivity contribution in [1.82, 2.24) is 4.98 Å². The summed E-state index contributed by atoms with van der Waals surface area (Å²) in [7, 11) is 0. The van der Waals surface area contributed by atoms with Crippen molar-refractivity contribution in [1.29, 1.82) is 0 Å². The molecule has 0 radical (unpaired) electrons. The van der Waals surface area contributed by atoms with E-state index in [9.17, 15) is 0 Å². The van der Waals surface area contributed by atoms with Crippen LogP contribution in [-0.4, -0.2) is 11.6 Å². The first-order valence-corrected chi connectivity index (χ1v) is 6.85. The van der Waals surface area contributed by atoms with Crippen molar-refractivity contribution in [3.63, 3.8) is 0 Å². The zero-order chi connectivity index (χ0) is 11.8. The lowest BCUT2D eigenvalue weighted by molar-refractivity contribution is 0.0835. The van der Waals surface area contributed by atoms with Crippen LogP contribution in [-0.2, 0) is 11.3 Å². The number of hydrogen-bond acceptors (Lipinski definition) is 4. The van der Waals surface area contributed by atoms with Crippen molar-refractivity contribution in [3.05, 3.63) is 11.1 Å². The molecule has 0 aromatic carbocycles. The number of nitrogen functional groups attached to an aromatic ring is 1. The van der Waals surface area contributed by atoms with Gasteiger partial charge in [-0.3, -0.25) is 0 Å². The van der Waals surface area contributed by atoms with Gasteiger partial charge in [-0.15, -0.1) is 0 Å². The highest BCUT2D eigenvalue weighted by atomic mass is 32.1. The van der Waals surface area contributed by atoms with Crippen LogP contribution in [0.15, 0.2) is 6.20 Å².